The fraction of sp³-hybridized carbons (Fsp3) is 0.692. The normalized spacial score (nSPS) is 23.9. The largest absolute Gasteiger partial charge is 0.370 e. The van der Waals surface area contributed by atoms with Crippen molar-refractivity contribution in [2.24, 2.45) is 155 Å². The van der Waals surface area contributed by atoms with Crippen LogP contribution in [0, 0.1) is 5.41 Å². The first-order valence-corrected chi connectivity index (χ1v) is 44.0. The first kappa shape index (κ1) is 121. The van der Waals surface area contributed by atoms with Crippen molar-refractivity contribution in [3.05, 3.63) is 0 Å². The van der Waals surface area contributed by atoms with Crippen LogP contribution < -0.4 is 120 Å². The summed E-state index contributed by atoms with van der Waals surface area (Å²) >= 11 is 0. The van der Waals surface area contributed by atoms with Crippen molar-refractivity contribution in [3.63, 3.8) is 0 Å². The minimum absolute atomic E-state index is 0.000926. The van der Waals surface area contributed by atoms with Crippen LogP contribution in [0.5, 0.6) is 0 Å². The Morgan fingerprint density at radius 3 is 0.993 bits per heavy atom. The van der Waals surface area contributed by atoms with E-state index in [2.05, 4.69) is 195 Å². The molecule has 30 N–H and O–H groups in total. The van der Waals surface area contributed by atoms with Crippen LogP contribution in [0.25, 0.3) is 0 Å². The van der Waals surface area contributed by atoms with Gasteiger partial charge in [0.15, 0.2) is 59.6 Å². The molecular formula is C78H168N60. The number of nitrogens with two attached hydrogens (primary N) is 7. The van der Waals surface area contributed by atoms with Crippen molar-refractivity contribution in [1.82, 2.24) is 148 Å². The van der Waals surface area contributed by atoms with E-state index in [1.54, 1.807) is 85.1 Å². The molecule has 0 saturated carbocycles. The molecule has 6 atom stereocenters. The van der Waals surface area contributed by atoms with E-state index in [1.807, 2.05) is 278 Å². The van der Waals surface area contributed by atoms with Gasteiger partial charge >= 0.3 is 0 Å². The molecule has 0 bridgehead atoms. The Hall–Kier alpha value is -15.1. The summed E-state index contributed by atoms with van der Waals surface area (Å²) in [6, 6.07) is 0. The maximum Gasteiger partial charge on any atom is 0.225 e. The SMILES string of the molecule is CC1N=C(N(C)C)N(C)C(N(C)C)=N1.CC1N=C(N(C)C)NC(N(C)C)=N1.CC1N=C(N)N(C)C(N(C)C)=N1.CC1N=C(N)N(C)C(N)=N1.CC1N=C(N)NC(N(C)C)=N1.CC1N=C(N)NC(N)=N1.CN=C1N=C(N)NC(C)N1.CN=C1NC(=NC)NC(C)N1.CN=C1NC(C)N=C(N(C)C)N1C.CN=C1NC(C)NC(=N)N1C.CN=C1NC(C)NC(=NC)N1C.CNC1=NC(N(C)C)=NC(C)N1. The first-order chi connectivity index (χ1) is 64.3. The molecule has 138 heavy (non-hydrogen) atoms. The lowest BCUT2D eigenvalue weighted by molar-refractivity contribution is 0.447. The minimum Gasteiger partial charge on any atom is -0.370 e. The minimum atomic E-state index is -0.147. The van der Waals surface area contributed by atoms with E-state index in [1.165, 1.54) is 0 Å². The zero-order valence-corrected chi connectivity index (χ0v) is 89.5. The smallest absolute Gasteiger partial charge is 0.225 e. The van der Waals surface area contributed by atoms with Gasteiger partial charge in [0.2, 0.25) is 83.4 Å². The van der Waals surface area contributed by atoms with Gasteiger partial charge in [-0.05, 0) is 83.1 Å². The second-order valence-electron chi connectivity index (χ2n) is 32.4. The van der Waals surface area contributed by atoms with E-state index < -0.39 is 0 Å². The Balaban J connectivity index is 0.000000754. The van der Waals surface area contributed by atoms with E-state index in [-0.39, 0.29) is 74.0 Å². The molecule has 6 unspecified atom stereocenters. The summed E-state index contributed by atoms with van der Waals surface area (Å²) in [4.78, 5) is 121. The van der Waals surface area contributed by atoms with Crippen LogP contribution in [-0.2, 0) is 0 Å². The number of nitrogens with zero attached hydrogens (tertiary/aromatic N) is 37. The van der Waals surface area contributed by atoms with Gasteiger partial charge in [0.25, 0.3) is 0 Å². The van der Waals surface area contributed by atoms with Crippen LogP contribution >= 0.6 is 0 Å². The Bertz CT molecular complexity index is 4460. The van der Waals surface area contributed by atoms with Crippen LogP contribution in [0.4, 0.5) is 0 Å². The zero-order valence-electron chi connectivity index (χ0n) is 89.5. The fourth-order valence-electron chi connectivity index (χ4n) is 11.6. The summed E-state index contributed by atoms with van der Waals surface area (Å²) in [7, 11) is 56.3. The van der Waals surface area contributed by atoms with Gasteiger partial charge in [-0.3, -0.25) is 91.0 Å². The Labute approximate surface area is 816 Å². The highest BCUT2D eigenvalue weighted by atomic mass is 15.5. The van der Waals surface area contributed by atoms with Gasteiger partial charge in [0.05, 0.1) is 24.7 Å². The number of aliphatic imine (C=N–C) groups is 23. The van der Waals surface area contributed by atoms with E-state index in [0.717, 1.165) is 89.4 Å². The third kappa shape index (κ3) is 43.1. The number of hydrogen-bond donors (Lipinski definition) is 23. The lowest BCUT2D eigenvalue weighted by Crippen LogP contribution is -2.62. The standard InChI is InChI=1S/C9H19N5.2C8H17N5.3C7H15N5.3C6H13N5.2C5H11N5.C4H9N5/c1-7-10-8(12(2)3)14(6)9(11-7)13(4)5;1-6-9-7(12(2)3)11-8(10-6)13(4)5;1-6-10-7(9-2)13(5)8(11-6)12(3)4;1-5-9-6(8)12(4)7(10-5)11(2)3;1-5-9-6(8-2)11-7(10-5)12(3)4;1-5-10-6(8-2)12(4)7(9-3)11-5;1-4-8-5(7)10-6(9-4)11(2)3;1-4-9-5(7)11(3)6(8-2)10-4;1-4-9-5(7-2)11-6(8-3)10-4;1-3-8-4(6)10(2)5(7)9-3;1-3-8-4(6)10-5(7-2)9-3;1-2-7-3(5)9-4(6)8-2/h7H,1-6H3;6H,1-5H3,(H,9,10,11);6H,1-5H3,(H,9,10);5H,1-4H3,(H2,8,9);5H,1-4H3,(H2,8,9,10,11);5H,1-4H3,(H,8,10)(H,9,11);4H,1-3H3,(H3,7,8,9,10);4H,1-3H3,(H2,7,9)(H,8,10);4H,1-3H3,(H3,7,8,9,10,11);3H,1-2H3,(H2,6,8)(H2,7,9);3H,1-2H3,(H4,6,7,8,9,10);2H,1H3,(H5,5,6,7,8,9). The Morgan fingerprint density at radius 1 is 0.283 bits per heavy atom. The van der Waals surface area contributed by atoms with Crippen molar-refractivity contribution in [2.45, 2.75) is 157 Å². The molecule has 0 aromatic heterocycles. The van der Waals surface area contributed by atoms with Gasteiger partial charge in [0.1, 0.15) is 49.3 Å². The topological polar surface area (TPSA) is 716 Å². The van der Waals surface area contributed by atoms with Gasteiger partial charge < -0.3 is 138 Å². The maximum atomic E-state index is 7.45. The van der Waals surface area contributed by atoms with Gasteiger partial charge in [-0.15, -0.1) is 0 Å². The summed E-state index contributed by atoms with van der Waals surface area (Å²) in [5.41, 5.74) is 38.1. The molecule has 3 saturated heterocycles. The van der Waals surface area contributed by atoms with Crippen molar-refractivity contribution in [1.29, 1.82) is 5.41 Å². The molecule has 0 aliphatic carbocycles. The van der Waals surface area contributed by atoms with Crippen molar-refractivity contribution in [2.75, 3.05) is 211 Å². The molecule has 0 aromatic rings. The quantitative estimate of drug-likeness (QED) is 0.107. The maximum absolute atomic E-state index is 7.45. The van der Waals surface area contributed by atoms with Crippen LogP contribution in [0.1, 0.15) is 83.1 Å². The molecule has 0 aromatic carbocycles. The van der Waals surface area contributed by atoms with Crippen LogP contribution in [0.15, 0.2) is 115 Å². The highest BCUT2D eigenvalue weighted by Gasteiger charge is 2.28. The summed E-state index contributed by atoms with van der Waals surface area (Å²) in [6.45, 7) is 23.2. The average Bonchev–Trinajstić information content (AvgIpc) is 0.830. The van der Waals surface area contributed by atoms with E-state index in [9.17, 15) is 0 Å². The highest BCUT2D eigenvalue weighted by molar-refractivity contribution is 6.06. The summed E-state index contributed by atoms with van der Waals surface area (Å²) < 4.78 is 0. The van der Waals surface area contributed by atoms with Crippen LogP contribution in [0.3, 0.4) is 0 Å². The molecule has 0 amide bonds. The van der Waals surface area contributed by atoms with Gasteiger partial charge in [-0.1, -0.05) is 0 Å². The molecule has 780 valence electrons. The lowest BCUT2D eigenvalue weighted by Gasteiger charge is -2.34. The molecule has 60 nitrogen and oxygen atoms in total. The third-order valence-corrected chi connectivity index (χ3v) is 18.1. The van der Waals surface area contributed by atoms with Crippen molar-refractivity contribution >= 4 is 143 Å². The van der Waals surface area contributed by atoms with E-state index in [4.69, 9.17) is 45.5 Å². The molecule has 12 rings (SSSR count). The van der Waals surface area contributed by atoms with E-state index in [0.29, 0.717) is 53.6 Å². The van der Waals surface area contributed by atoms with Gasteiger partial charge in [-0.25, -0.2) is 69.9 Å². The molecule has 3 fully saturated rings. The predicted octanol–water partition coefficient (Wildman–Crippen LogP) is -8.05. The van der Waals surface area contributed by atoms with Gasteiger partial charge in [-0.2, -0.15) is 9.98 Å². The fourth-order valence-corrected chi connectivity index (χ4v) is 11.6. The molecule has 12 heterocycles. The third-order valence-electron chi connectivity index (χ3n) is 18.1. The second-order valence-corrected chi connectivity index (χ2v) is 32.4. The van der Waals surface area contributed by atoms with E-state index >= 15 is 0 Å². The highest BCUT2D eigenvalue weighted by Crippen LogP contribution is 2.11. The van der Waals surface area contributed by atoms with Gasteiger partial charge in [0, 0.05) is 211 Å². The summed E-state index contributed by atoms with van der Waals surface area (Å²) in [6.07, 6.45) is 0.280. The molecule has 12 aliphatic heterocycles. The number of rotatable bonds is 0. The lowest BCUT2D eigenvalue weighted by atomic mass is 10.4. The van der Waals surface area contributed by atoms with Crippen LogP contribution in [-0.4, -0.2) is 497 Å². The number of guanidine groups is 24. The molecule has 12 aliphatic rings. The summed E-state index contributed by atoms with van der Waals surface area (Å²) in [5.74, 6) is 16.1. The Kier molecular flexibility index (Phi) is 52.2. The molecule has 60 heteroatoms. The van der Waals surface area contributed by atoms with Crippen LogP contribution in [0.2, 0.25) is 0 Å². The number of hydrogen-bond acceptors (Lipinski definition) is 47. The Morgan fingerprint density at radius 2 is 0.616 bits per heavy atom. The zero-order chi connectivity index (χ0) is 106. The summed E-state index contributed by atoms with van der Waals surface area (Å²) in [5, 5.41) is 52.5. The molecule has 0 radical (unpaired) electrons. The first-order valence-electron chi connectivity index (χ1n) is 44.0. The average molecular weight is 1950 g/mol. The molecule has 0 spiro atoms. The number of nitrogens with one attached hydrogen (secondary N) is 16. The second kappa shape index (κ2) is 59.6. The predicted molar refractivity (Wildman–Crippen MR) is 572 cm³/mol. The monoisotopic (exact) mass is 1950 g/mol. The molecular weight excluding hydrogens is 1780 g/mol. The van der Waals surface area contributed by atoms with Crippen molar-refractivity contribution < 1.29 is 0 Å². The van der Waals surface area contributed by atoms with Crippen molar-refractivity contribution in [3.8, 4) is 0 Å².